The highest BCUT2D eigenvalue weighted by Gasteiger charge is 2.31. The van der Waals surface area contributed by atoms with Gasteiger partial charge in [0.25, 0.3) is 5.91 Å². The molecule has 1 heterocycles. The van der Waals surface area contributed by atoms with Gasteiger partial charge in [0, 0.05) is 0 Å². The first-order chi connectivity index (χ1) is 5.65. The van der Waals surface area contributed by atoms with Gasteiger partial charge in [-0.25, -0.2) is 0 Å². The molecular weight excluding hydrogens is 158 g/mol. The van der Waals surface area contributed by atoms with E-state index in [0.717, 1.165) is 0 Å². The highest BCUT2D eigenvalue weighted by atomic mass is 16.3. The van der Waals surface area contributed by atoms with Crippen LogP contribution in [-0.2, 0) is 4.79 Å². The van der Waals surface area contributed by atoms with Crippen LogP contribution in [0, 0.1) is 11.8 Å². The Morgan fingerprint density at radius 3 is 2.33 bits per heavy atom. The number of rotatable bonds is 0. The summed E-state index contributed by atoms with van der Waals surface area (Å²) in [6.45, 7) is 1.92. The van der Waals surface area contributed by atoms with Crippen LogP contribution in [0.5, 0.6) is 0 Å². The lowest BCUT2D eigenvalue weighted by Gasteiger charge is -2.09. The lowest BCUT2D eigenvalue weighted by molar-refractivity contribution is -0.124. The summed E-state index contributed by atoms with van der Waals surface area (Å²) in [4.78, 5) is 12.4. The molecule has 0 saturated carbocycles. The second-order valence-corrected chi connectivity index (χ2v) is 2.72. The first-order valence-electron chi connectivity index (χ1n) is 3.73. The van der Waals surface area contributed by atoms with E-state index < -0.39 is 12.2 Å². The molecule has 1 aliphatic rings. The third-order valence-electron chi connectivity index (χ3n) is 1.78. The van der Waals surface area contributed by atoms with E-state index in [1.54, 1.807) is 6.92 Å². The lowest BCUT2D eigenvalue weighted by Crippen LogP contribution is -2.28. The topological polar surface area (TPSA) is 60.8 Å². The van der Waals surface area contributed by atoms with Gasteiger partial charge in [-0.1, -0.05) is 5.92 Å². The van der Waals surface area contributed by atoms with Gasteiger partial charge in [0.1, 0.15) is 0 Å². The molecule has 1 amide bonds. The van der Waals surface area contributed by atoms with Crippen LogP contribution in [0.25, 0.3) is 0 Å². The van der Waals surface area contributed by atoms with E-state index in [1.807, 2.05) is 0 Å². The molecule has 0 aromatic heterocycles. The van der Waals surface area contributed by atoms with Gasteiger partial charge < -0.3 is 15.1 Å². The van der Waals surface area contributed by atoms with Crippen molar-refractivity contribution >= 4 is 5.91 Å². The van der Waals surface area contributed by atoms with Crippen LogP contribution in [0.4, 0.5) is 0 Å². The third kappa shape index (κ3) is 1.76. The van der Waals surface area contributed by atoms with Crippen LogP contribution >= 0.6 is 0 Å². The molecule has 0 aromatic carbocycles. The lowest BCUT2D eigenvalue weighted by atomic mass is 10.3. The van der Waals surface area contributed by atoms with E-state index in [9.17, 15) is 4.79 Å². The molecule has 0 spiro atoms. The average molecular weight is 169 g/mol. The molecule has 1 rings (SSSR count). The van der Waals surface area contributed by atoms with Crippen molar-refractivity contribution in [2.75, 3.05) is 13.1 Å². The minimum Gasteiger partial charge on any atom is -0.388 e. The Balaban J connectivity index is 2.55. The summed E-state index contributed by atoms with van der Waals surface area (Å²) in [6.07, 6.45) is -1.65. The number of aliphatic hydroxyl groups is 2. The molecule has 4 nitrogen and oxygen atoms in total. The molecule has 1 saturated heterocycles. The normalized spacial score (nSPS) is 28.1. The number of carbonyl (C=O) groups is 1. The molecule has 2 N–H and O–H groups in total. The number of amides is 1. The Hall–Kier alpha value is -1.05. The number of aliphatic hydroxyl groups excluding tert-OH is 2. The maximum absolute atomic E-state index is 11.1. The second kappa shape index (κ2) is 3.57. The number of carbonyl (C=O) groups excluding carboxylic acids is 1. The average Bonchev–Trinajstić information content (AvgIpc) is 2.33. The van der Waals surface area contributed by atoms with E-state index in [-0.39, 0.29) is 19.0 Å². The van der Waals surface area contributed by atoms with E-state index in [0.29, 0.717) is 0 Å². The summed E-state index contributed by atoms with van der Waals surface area (Å²) in [6, 6.07) is 0. The van der Waals surface area contributed by atoms with Gasteiger partial charge in [0.05, 0.1) is 25.3 Å². The van der Waals surface area contributed by atoms with Crippen LogP contribution in [0.3, 0.4) is 0 Å². The maximum atomic E-state index is 11.1. The van der Waals surface area contributed by atoms with Crippen LogP contribution in [0.15, 0.2) is 0 Å². The van der Waals surface area contributed by atoms with Crippen molar-refractivity contribution in [1.29, 1.82) is 0 Å². The fraction of sp³-hybridized carbons (Fsp3) is 0.625. The summed E-state index contributed by atoms with van der Waals surface area (Å²) < 4.78 is 0. The Labute approximate surface area is 70.8 Å². The summed E-state index contributed by atoms with van der Waals surface area (Å²) >= 11 is 0. The van der Waals surface area contributed by atoms with Crippen molar-refractivity contribution in [1.82, 2.24) is 4.90 Å². The molecular formula is C8H11NO3. The molecule has 0 aliphatic carbocycles. The molecule has 12 heavy (non-hydrogen) atoms. The van der Waals surface area contributed by atoms with Gasteiger partial charge in [-0.3, -0.25) is 4.79 Å². The quantitative estimate of drug-likeness (QED) is 0.437. The standard InChI is InChI=1S/C8H11NO3/c1-2-3-8(12)9-4-6(10)7(11)5-9/h6-7,10-11H,4-5H2,1H3/t6-,7+. The van der Waals surface area contributed by atoms with Gasteiger partial charge in [0.15, 0.2) is 0 Å². The number of β-amino-alcohol motifs (C(OH)–C–C–N with tert-alkyl or cyclic N) is 2. The highest BCUT2D eigenvalue weighted by Crippen LogP contribution is 2.09. The SMILES string of the molecule is CC#CC(=O)N1C[C@@H](O)[C@@H](O)C1. The first kappa shape index (κ1) is 9.04. The van der Waals surface area contributed by atoms with E-state index in [2.05, 4.69) is 11.8 Å². The monoisotopic (exact) mass is 169 g/mol. The second-order valence-electron chi connectivity index (χ2n) is 2.72. The molecule has 4 heteroatoms. The van der Waals surface area contributed by atoms with E-state index in [1.165, 1.54) is 4.90 Å². The largest absolute Gasteiger partial charge is 0.388 e. The number of hydrogen-bond donors (Lipinski definition) is 2. The predicted molar refractivity (Wildman–Crippen MR) is 42.0 cm³/mol. The van der Waals surface area contributed by atoms with Crippen LogP contribution in [0.2, 0.25) is 0 Å². The summed E-state index contributed by atoms with van der Waals surface area (Å²) in [5, 5.41) is 18.2. The number of hydrogen-bond acceptors (Lipinski definition) is 3. The molecule has 0 aromatic rings. The molecule has 1 fully saturated rings. The fourth-order valence-corrected chi connectivity index (χ4v) is 1.12. The highest BCUT2D eigenvalue weighted by molar-refractivity contribution is 5.93. The Bertz CT molecular complexity index is 230. The Kier molecular flexibility index (Phi) is 2.69. The fourth-order valence-electron chi connectivity index (χ4n) is 1.12. The van der Waals surface area contributed by atoms with Gasteiger partial charge >= 0.3 is 0 Å². The molecule has 66 valence electrons. The summed E-state index contributed by atoms with van der Waals surface area (Å²) in [5.74, 6) is 4.47. The molecule has 2 atom stereocenters. The maximum Gasteiger partial charge on any atom is 0.298 e. The van der Waals surface area contributed by atoms with Crippen LogP contribution < -0.4 is 0 Å². The van der Waals surface area contributed by atoms with E-state index in [4.69, 9.17) is 10.2 Å². The van der Waals surface area contributed by atoms with Gasteiger partial charge in [-0.2, -0.15) is 0 Å². The number of likely N-dealkylation sites (tertiary alicyclic amines) is 1. The predicted octanol–water partition coefficient (Wildman–Crippen LogP) is -1.43. The third-order valence-corrected chi connectivity index (χ3v) is 1.78. The van der Waals surface area contributed by atoms with Crippen molar-refractivity contribution in [3.05, 3.63) is 0 Å². The van der Waals surface area contributed by atoms with Gasteiger partial charge in [-0.05, 0) is 12.8 Å². The van der Waals surface area contributed by atoms with Crippen molar-refractivity contribution < 1.29 is 15.0 Å². The molecule has 0 radical (unpaired) electrons. The van der Waals surface area contributed by atoms with Crippen molar-refractivity contribution in [2.45, 2.75) is 19.1 Å². The van der Waals surface area contributed by atoms with Gasteiger partial charge in [0.2, 0.25) is 0 Å². The minimum absolute atomic E-state index is 0.175. The zero-order valence-corrected chi connectivity index (χ0v) is 6.82. The zero-order chi connectivity index (χ0) is 9.14. The summed E-state index contributed by atoms with van der Waals surface area (Å²) in [5.41, 5.74) is 0. The summed E-state index contributed by atoms with van der Waals surface area (Å²) in [7, 11) is 0. The van der Waals surface area contributed by atoms with Crippen LogP contribution in [-0.4, -0.2) is 46.3 Å². The number of nitrogens with zero attached hydrogens (tertiary/aromatic N) is 1. The first-order valence-corrected chi connectivity index (χ1v) is 3.73. The Morgan fingerprint density at radius 2 is 1.92 bits per heavy atom. The van der Waals surface area contributed by atoms with Gasteiger partial charge in [-0.15, -0.1) is 0 Å². The van der Waals surface area contributed by atoms with E-state index >= 15 is 0 Å². The Morgan fingerprint density at radius 1 is 1.42 bits per heavy atom. The minimum atomic E-state index is -0.826. The van der Waals surface area contributed by atoms with Crippen molar-refractivity contribution in [2.24, 2.45) is 0 Å². The molecule has 1 aliphatic heterocycles. The zero-order valence-electron chi connectivity index (χ0n) is 6.82. The van der Waals surface area contributed by atoms with Crippen molar-refractivity contribution in [3.63, 3.8) is 0 Å². The van der Waals surface area contributed by atoms with Crippen molar-refractivity contribution in [3.8, 4) is 11.8 Å². The van der Waals surface area contributed by atoms with Crippen LogP contribution in [0.1, 0.15) is 6.92 Å². The molecule has 0 unspecified atom stereocenters. The molecule has 0 bridgehead atoms. The smallest absolute Gasteiger partial charge is 0.298 e.